The molecule has 0 aromatic heterocycles. The van der Waals surface area contributed by atoms with Gasteiger partial charge in [0.1, 0.15) is 0 Å². The molecule has 1 amide bonds. The van der Waals surface area contributed by atoms with Crippen molar-refractivity contribution >= 4 is 35.1 Å². The molecule has 5 nitrogen and oxygen atoms in total. The summed E-state index contributed by atoms with van der Waals surface area (Å²) >= 11 is 1.55. The number of halogens is 1. The van der Waals surface area contributed by atoms with Crippen LogP contribution in [0.4, 0.5) is 4.79 Å². The third-order valence-corrected chi connectivity index (χ3v) is 2.72. The molecule has 0 rings (SSSR count). The smallest absolute Gasteiger partial charge is 0.416 e. The number of carbonyl (C=O) groups excluding carboxylic acids is 2. The maximum absolute atomic E-state index is 10.7. The van der Waals surface area contributed by atoms with Gasteiger partial charge in [-0.1, -0.05) is 32.3 Å². The Hall–Kier alpha value is -0.790. The number of esters is 1. The van der Waals surface area contributed by atoms with Crippen LogP contribution < -0.4 is 5.32 Å². The Kier molecular flexibility index (Phi) is 12.1. The van der Waals surface area contributed by atoms with Crippen molar-refractivity contribution in [1.82, 2.24) is 5.32 Å². The second-order valence-corrected chi connectivity index (χ2v) is 4.22. The first-order valence-electron chi connectivity index (χ1n) is 6.06. The monoisotopic (exact) mass is 369 g/mol. The van der Waals surface area contributed by atoms with E-state index in [1.165, 1.54) is 6.08 Å². The Morgan fingerprint density at radius 1 is 1.11 bits per heavy atom. The van der Waals surface area contributed by atoms with Crippen LogP contribution in [0.5, 0.6) is 0 Å². The van der Waals surface area contributed by atoms with Gasteiger partial charge in [0.05, 0.1) is 6.61 Å². The summed E-state index contributed by atoms with van der Waals surface area (Å²) in [6, 6.07) is 0. The van der Waals surface area contributed by atoms with Crippen molar-refractivity contribution in [3.63, 3.8) is 0 Å². The number of ether oxygens (including phenoxy) is 1. The molecule has 0 aliphatic rings. The molecule has 1 N–H and O–H groups in total. The van der Waals surface area contributed by atoms with Crippen LogP contribution in [0.1, 0.15) is 38.5 Å². The standard InChI is InChI=1S/C12H20INO4/c1-2-11(15)17-10-8-6-4-3-5-7-9-14-12(16)18-13/h2H,1,3-10H2,(H,14,16). The highest BCUT2D eigenvalue weighted by atomic mass is 127. The topological polar surface area (TPSA) is 64.6 Å². The second kappa shape index (κ2) is 12.7. The van der Waals surface area contributed by atoms with Crippen LogP contribution in [-0.4, -0.2) is 25.2 Å². The molecule has 0 radical (unpaired) electrons. The van der Waals surface area contributed by atoms with Crippen LogP contribution in [0, 0.1) is 0 Å². The summed E-state index contributed by atoms with van der Waals surface area (Å²) in [4.78, 5) is 21.4. The molecule has 0 atom stereocenters. The van der Waals surface area contributed by atoms with Gasteiger partial charge in [-0.3, -0.25) is 0 Å². The molecule has 0 aromatic rings. The van der Waals surface area contributed by atoms with Gasteiger partial charge in [0.15, 0.2) is 23.0 Å². The predicted molar refractivity (Wildman–Crippen MR) is 77.4 cm³/mol. The highest BCUT2D eigenvalue weighted by Crippen LogP contribution is 2.05. The normalized spacial score (nSPS) is 9.61. The van der Waals surface area contributed by atoms with E-state index in [9.17, 15) is 9.59 Å². The molecule has 6 heteroatoms. The lowest BCUT2D eigenvalue weighted by Gasteiger charge is -2.03. The van der Waals surface area contributed by atoms with Crippen molar-refractivity contribution < 1.29 is 17.4 Å². The van der Waals surface area contributed by atoms with Crippen LogP contribution in [0.3, 0.4) is 0 Å². The number of nitrogens with one attached hydrogen (secondary N) is 1. The quantitative estimate of drug-likeness (QED) is 0.278. The molecule has 0 unspecified atom stereocenters. The van der Waals surface area contributed by atoms with Gasteiger partial charge in [0.2, 0.25) is 0 Å². The average Bonchev–Trinajstić information content (AvgIpc) is 2.40. The zero-order valence-electron chi connectivity index (χ0n) is 10.5. The Bertz CT molecular complexity index is 258. The van der Waals surface area contributed by atoms with E-state index < -0.39 is 0 Å². The van der Waals surface area contributed by atoms with E-state index in [-0.39, 0.29) is 12.1 Å². The van der Waals surface area contributed by atoms with Gasteiger partial charge in [-0.25, -0.2) is 9.59 Å². The maximum Gasteiger partial charge on any atom is 0.416 e. The van der Waals surface area contributed by atoms with Crippen molar-refractivity contribution in [1.29, 1.82) is 0 Å². The van der Waals surface area contributed by atoms with Crippen LogP contribution in [-0.2, 0) is 12.6 Å². The molecule has 0 aromatic carbocycles. The molecule has 0 saturated heterocycles. The second-order valence-electron chi connectivity index (χ2n) is 3.78. The van der Waals surface area contributed by atoms with Gasteiger partial charge in [0, 0.05) is 12.6 Å². The molecule has 0 aliphatic carbocycles. The third-order valence-electron chi connectivity index (χ3n) is 2.32. The fraction of sp³-hybridized carbons (Fsp3) is 0.667. The number of unbranched alkanes of at least 4 members (excludes halogenated alkanes) is 5. The summed E-state index contributed by atoms with van der Waals surface area (Å²) in [6.07, 6.45) is 6.99. The summed E-state index contributed by atoms with van der Waals surface area (Å²) in [5, 5.41) is 2.63. The van der Waals surface area contributed by atoms with Gasteiger partial charge in [-0.15, -0.1) is 0 Å². The van der Waals surface area contributed by atoms with Gasteiger partial charge < -0.3 is 13.1 Å². The molecule has 0 heterocycles. The lowest BCUT2D eigenvalue weighted by atomic mass is 10.1. The zero-order chi connectivity index (χ0) is 13.6. The Morgan fingerprint density at radius 3 is 2.33 bits per heavy atom. The minimum absolute atomic E-state index is 0.358. The lowest BCUT2D eigenvalue weighted by molar-refractivity contribution is -0.137. The van der Waals surface area contributed by atoms with Crippen LogP contribution in [0.2, 0.25) is 0 Å². The van der Waals surface area contributed by atoms with E-state index >= 15 is 0 Å². The molecule has 0 spiro atoms. The van der Waals surface area contributed by atoms with E-state index in [0.29, 0.717) is 13.2 Å². The van der Waals surface area contributed by atoms with E-state index in [4.69, 9.17) is 4.74 Å². The largest absolute Gasteiger partial charge is 0.463 e. The molecular weight excluding hydrogens is 349 g/mol. The summed E-state index contributed by atoms with van der Waals surface area (Å²) in [5.74, 6) is -0.358. The number of rotatable bonds is 10. The van der Waals surface area contributed by atoms with Gasteiger partial charge >= 0.3 is 12.1 Å². The van der Waals surface area contributed by atoms with Gasteiger partial charge in [0.25, 0.3) is 0 Å². The molecule has 0 bridgehead atoms. The third kappa shape index (κ3) is 11.7. The Labute approximate surface area is 122 Å². The SMILES string of the molecule is C=CC(=O)OCCCCCCCCNC(=O)OI. The summed E-state index contributed by atoms with van der Waals surface area (Å²) < 4.78 is 9.28. The molecule has 104 valence electrons. The maximum atomic E-state index is 10.7. The van der Waals surface area contributed by atoms with Crippen LogP contribution in [0.25, 0.3) is 0 Å². The van der Waals surface area contributed by atoms with Crippen molar-refractivity contribution in [2.45, 2.75) is 38.5 Å². The van der Waals surface area contributed by atoms with Gasteiger partial charge in [-0.05, 0) is 12.8 Å². The average molecular weight is 369 g/mol. The van der Waals surface area contributed by atoms with Crippen molar-refractivity contribution in [2.75, 3.05) is 13.2 Å². The number of amides is 1. The number of carbonyl (C=O) groups is 2. The summed E-state index contributed by atoms with van der Waals surface area (Å²) in [5.41, 5.74) is 0. The van der Waals surface area contributed by atoms with E-state index in [0.717, 1.165) is 38.5 Å². The molecule has 0 aliphatic heterocycles. The fourth-order valence-electron chi connectivity index (χ4n) is 1.38. The highest BCUT2D eigenvalue weighted by Gasteiger charge is 1.98. The highest BCUT2D eigenvalue weighted by molar-refractivity contribution is 14.1. The molecular formula is C12H20INO4. The predicted octanol–water partition coefficient (Wildman–Crippen LogP) is 3.13. The summed E-state index contributed by atoms with van der Waals surface area (Å²) in [6.45, 7) is 4.44. The van der Waals surface area contributed by atoms with E-state index in [1.54, 1.807) is 23.0 Å². The minimum atomic E-state index is -0.389. The Morgan fingerprint density at radius 2 is 1.72 bits per heavy atom. The first-order chi connectivity index (χ1) is 8.70. The van der Waals surface area contributed by atoms with Crippen LogP contribution in [0.15, 0.2) is 12.7 Å². The molecule has 0 saturated carbocycles. The van der Waals surface area contributed by atoms with Crippen molar-refractivity contribution in [3.8, 4) is 0 Å². The molecule has 0 fully saturated rings. The lowest BCUT2D eigenvalue weighted by Crippen LogP contribution is -2.22. The fourth-order valence-corrected chi connectivity index (χ4v) is 1.54. The number of hydrogen-bond acceptors (Lipinski definition) is 4. The summed E-state index contributed by atoms with van der Waals surface area (Å²) in [7, 11) is 0. The van der Waals surface area contributed by atoms with E-state index in [1.807, 2.05) is 0 Å². The first kappa shape index (κ1) is 17.2. The van der Waals surface area contributed by atoms with Gasteiger partial charge in [-0.2, -0.15) is 0 Å². The number of hydrogen-bond donors (Lipinski definition) is 1. The van der Waals surface area contributed by atoms with E-state index in [2.05, 4.69) is 15.0 Å². The van der Waals surface area contributed by atoms with Crippen molar-refractivity contribution in [2.24, 2.45) is 0 Å². The molecule has 18 heavy (non-hydrogen) atoms. The Balaban J connectivity index is 3.10. The van der Waals surface area contributed by atoms with Crippen molar-refractivity contribution in [3.05, 3.63) is 12.7 Å². The zero-order valence-corrected chi connectivity index (χ0v) is 12.6. The first-order valence-corrected chi connectivity index (χ1v) is 6.94. The minimum Gasteiger partial charge on any atom is -0.463 e. The van der Waals surface area contributed by atoms with Crippen LogP contribution >= 0.6 is 23.0 Å².